The Kier molecular flexibility index (Phi) is 16.9. The first kappa shape index (κ1) is 33.9. The maximum absolute atomic E-state index is 14.2. The summed E-state index contributed by atoms with van der Waals surface area (Å²) in [5, 5.41) is 0. The second-order valence-corrected chi connectivity index (χ2v) is 18.4. The summed E-state index contributed by atoms with van der Waals surface area (Å²) in [6, 6.07) is 0. The van der Waals surface area contributed by atoms with Crippen LogP contribution in [0.2, 0.25) is 8.95 Å². The van der Waals surface area contributed by atoms with Gasteiger partial charge in [0.15, 0.2) is 0 Å². The van der Waals surface area contributed by atoms with Crippen LogP contribution in [-0.2, 0) is 35.6 Å². The summed E-state index contributed by atoms with van der Waals surface area (Å²) in [4.78, 5) is 24.6. The zero-order valence-corrected chi connectivity index (χ0v) is 25.3. The van der Waals surface area contributed by atoms with E-state index in [1.807, 2.05) is 0 Å². The molecule has 204 valence electrons. The molecule has 6 heteroatoms. The number of rotatable bonds is 21. The number of carbonyl (C=O) groups excluding carboxylic acids is 2. The fourth-order valence-corrected chi connectivity index (χ4v) is 9.32. The number of hydrogen-bond acceptors (Lipinski definition) is 5. The zero-order valence-electron chi connectivity index (χ0n) is 23.7. The van der Waals surface area contributed by atoms with Gasteiger partial charge in [0.05, 0.1) is 0 Å². The molecule has 0 aliphatic heterocycles. The topological polar surface area (TPSA) is 69.7 Å². The molecular weight excluding hydrogens is 476 g/mol. The molecule has 0 saturated carbocycles. The molecule has 0 amide bonds. The number of unbranched alkanes of at least 4 members (excludes halogenated alkanes) is 12. The molecule has 0 aliphatic rings. The average molecular weight is 531 g/mol. The quantitative estimate of drug-likeness (QED) is 0.0840. The van der Waals surface area contributed by atoms with Crippen LogP contribution in [0.1, 0.15) is 131 Å². The molecule has 0 aromatic heterocycles. The molecule has 0 aromatic carbocycles. The van der Waals surface area contributed by atoms with Crippen molar-refractivity contribution in [3.63, 3.8) is 0 Å². The van der Waals surface area contributed by atoms with E-state index in [1.165, 1.54) is 78.1 Å². The summed E-state index contributed by atoms with van der Waals surface area (Å²) >= 11 is -5.65. The van der Waals surface area contributed by atoms with Crippen molar-refractivity contribution >= 4 is 11.9 Å². The summed E-state index contributed by atoms with van der Waals surface area (Å²) in [7, 11) is 0. The molecule has 0 N–H and O–H groups in total. The molecule has 0 radical (unpaired) electrons. The van der Waals surface area contributed by atoms with Crippen molar-refractivity contribution in [2.45, 2.75) is 140 Å². The van der Waals surface area contributed by atoms with Gasteiger partial charge in [-0.3, -0.25) is 0 Å². The van der Waals surface area contributed by atoms with E-state index >= 15 is 0 Å². The van der Waals surface area contributed by atoms with Crippen LogP contribution < -0.4 is 0 Å². The Balaban J connectivity index is 4.36. The number of hydrogen-bond donors (Lipinski definition) is 0. The van der Waals surface area contributed by atoms with Crippen molar-refractivity contribution in [2.24, 2.45) is 5.92 Å². The standard InChI is InChI=1S/C18H37.2C4H6O2.C3H7.O.Ti/c1-4-5-6-7-8-9-10-11-12-13-14-15-16-17-18(2)3;2*1-3(2)4(5)6;1-3-2;;/h18H,1,4-17H2,2-3H3;2*1H2,2H3,(H,5,6);3H,1-2H3;;/q;;;;;+2/p-2. The van der Waals surface area contributed by atoms with Gasteiger partial charge in [-0.05, 0) is 5.92 Å². The molecule has 0 rings (SSSR count). The minimum absolute atomic E-state index is 0.0874. The van der Waals surface area contributed by atoms with Gasteiger partial charge in [0.2, 0.25) is 0 Å². The van der Waals surface area contributed by atoms with Gasteiger partial charge in [-0.1, -0.05) is 33.1 Å². The third kappa shape index (κ3) is 14.3. The van der Waals surface area contributed by atoms with Crippen LogP contribution in [0.4, 0.5) is 0 Å². The second kappa shape index (κ2) is 17.4. The normalized spacial score (nSPS) is 12.1. The van der Waals surface area contributed by atoms with Crippen molar-refractivity contribution in [3.8, 4) is 0 Å². The van der Waals surface area contributed by atoms with Gasteiger partial charge >= 0.3 is 179 Å². The minimum atomic E-state index is -5.65. The Morgan fingerprint density at radius 3 is 1.23 bits per heavy atom. The molecule has 0 fully saturated rings. The average Bonchev–Trinajstić information content (AvgIpc) is 2.75. The molecule has 0 aromatic rings. The van der Waals surface area contributed by atoms with Gasteiger partial charge in [-0.25, -0.2) is 0 Å². The molecular formula is C29H54O5Ti. The second-order valence-electron chi connectivity index (χ2n) is 11.3. The van der Waals surface area contributed by atoms with Gasteiger partial charge in [-0.15, -0.1) is 0 Å². The molecule has 0 unspecified atom stereocenters. The SMILES string of the molecule is C=C(C)C(=O)[O][Ti](=[O])([CH2]CCCCCCCCCCCCCCC(C)C)([O]C(=O)C(=C)C)[CH](C)C. The monoisotopic (exact) mass is 530 g/mol. The van der Waals surface area contributed by atoms with Crippen molar-refractivity contribution in [2.75, 3.05) is 0 Å². The fourth-order valence-electron chi connectivity index (χ4n) is 4.15. The van der Waals surface area contributed by atoms with Gasteiger partial charge in [0, 0.05) is 0 Å². The molecule has 0 bridgehead atoms. The van der Waals surface area contributed by atoms with E-state index in [2.05, 4.69) is 27.0 Å². The van der Waals surface area contributed by atoms with Gasteiger partial charge in [-0.2, -0.15) is 0 Å². The first-order chi connectivity index (χ1) is 16.3. The summed E-state index contributed by atoms with van der Waals surface area (Å²) in [5.41, 5.74) is 0.268. The van der Waals surface area contributed by atoms with Crippen LogP contribution >= 0.6 is 0 Å². The molecule has 35 heavy (non-hydrogen) atoms. The summed E-state index contributed by atoms with van der Waals surface area (Å²) < 4.78 is 24.7. The summed E-state index contributed by atoms with van der Waals surface area (Å²) in [5.74, 6) is -0.707. The van der Waals surface area contributed by atoms with Crippen LogP contribution in [0.15, 0.2) is 24.3 Å². The van der Waals surface area contributed by atoms with Crippen LogP contribution in [-0.4, -0.2) is 11.9 Å². The Labute approximate surface area is 217 Å². The van der Waals surface area contributed by atoms with E-state index in [4.69, 9.17) is 6.64 Å². The first-order valence-electron chi connectivity index (χ1n) is 14.0. The fraction of sp³-hybridized carbons (Fsp3) is 0.793. The van der Waals surface area contributed by atoms with Gasteiger partial charge in [0.25, 0.3) is 0 Å². The van der Waals surface area contributed by atoms with Crippen LogP contribution in [0.5, 0.6) is 0 Å². The zero-order chi connectivity index (χ0) is 26.9. The molecule has 0 aliphatic carbocycles. The van der Waals surface area contributed by atoms with E-state index in [0.29, 0.717) is 6.42 Å². The van der Waals surface area contributed by atoms with Crippen molar-refractivity contribution in [1.29, 1.82) is 0 Å². The van der Waals surface area contributed by atoms with E-state index in [9.17, 15) is 12.9 Å². The maximum atomic E-state index is 14.2. The van der Waals surface area contributed by atoms with E-state index in [-0.39, 0.29) is 15.9 Å². The molecule has 5 nitrogen and oxygen atoms in total. The first-order valence-corrected chi connectivity index (χ1v) is 17.9. The van der Waals surface area contributed by atoms with Crippen LogP contribution in [0, 0.1) is 5.92 Å². The van der Waals surface area contributed by atoms with Crippen molar-refractivity contribution in [3.05, 3.63) is 24.3 Å². The van der Waals surface area contributed by atoms with Crippen molar-refractivity contribution in [1.82, 2.24) is 0 Å². The molecule has 0 atom stereocenters. The third-order valence-electron chi connectivity index (χ3n) is 6.84. The predicted molar refractivity (Wildman–Crippen MR) is 142 cm³/mol. The van der Waals surface area contributed by atoms with Crippen LogP contribution in [0.25, 0.3) is 0 Å². The third-order valence-corrected chi connectivity index (χ3v) is 14.2. The Bertz CT molecular complexity index is 703. The van der Waals surface area contributed by atoms with Gasteiger partial charge in [0.1, 0.15) is 0 Å². The summed E-state index contributed by atoms with van der Waals surface area (Å²) in [6.07, 6.45) is 16.9. The molecule has 0 heterocycles. The van der Waals surface area contributed by atoms with E-state index < -0.39 is 32.2 Å². The van der Waals surface area contributed by atoms with E-state index in [0.717, 1.165) is 25.2 Å². The Hall–Kier alpha value is -1.07. The summed E-state index contributed by atoms with van der Waals surface area (Å²) in [6.45, 7) is 18.1. The predicted octanol–water partition coefficient (Wildman–Crippen LogP) is 9.45. The Morgan fingerprint density at radius 1 is 0.629 bits per heavy atom. The van der Waals surface area contributed by atoms with Crippen LogP contribution in [0.3, 0.4) is 0 Å². The number of carbonyl (C=O) groups is 2. The molecule has 0 spiro atoms. The molecule has 0 saturated heterocycles. The van der Waals surface area contributed by atoms with Crippen molar-refractivity contribution < 1.29 is 35.6 Å². The Morgan fingerprint density at radius 2 is 0.943 bits per heavy atom. The van der Waals surface area contributed by atoms with E-state index in [1.54, 1.807) is 13.8 Å². The van der Waals surface area contributed by atoms with Gasteiger partial charge < -0.3 is 0 Å².